The lowest BCUT2D eigenvalue weighted by atomic mass is 10.3. The molecule has 4 nitrogen and oxygen atoms in total. The van der Waals surface area contributed by atoms with Gasteiger partial charge in [-0.15, -0.1) is 11.3 Å². The Kier molecular flexibility index (Phi) is 10.4. The lowest BCUT2D eigenvalue weighted by molar-refractivity contribution is 0.152. The summed E-state index contributed by atoms with van der Waals surface area (Å²) in [6.07, 6.45) is 2.04. The molecule has 0 spiro atoms. The van der Waals surface area contributed by atoms with E-state index in [0.29, 0.717) is 0 Å². The average molecular weight is 403 g/mol. The third kappa shape index (κ3) is 7.43. The van der Waals surface area contributed by atoms with Crippen molar-refractivity contribution in [3.63, 3.8) is 0 Å². The molecule has 24 heavy (non-hydrogen) atoms. The Bertz CT molecular complexity index is 551. The lowest BCUT2D eigenvalue weighted by Crippen LogP contribution is -2.24. The lowest BCUT2D eigenvalue weighted by Gasteiger charge is -2.14. The highest BCUT2D eigenvalue weighted by Crippen LogP contribution is 2.37. The molecule has 0 fully saturated rings. The van der Waals surface area contributed by atoms with E-state index >= 15 is 0 Å². The standard InChI is InChI=1S/C16H24NO3S3Si/c1-3-19-24(20-11-6-10-18-2)13-7-12-21-23-16-17-14-8-4-5-9-15(14)22-16/h4-5,8-9H,3,6-7,10-13H2,1-2H3. The fraction of sp³-hybridized carbons (Fsp3) is 0.562. The van der Waals surface area contributed by atoms with Gasteiger partial charge in [0.15, 0.2) is 4.34 Å². The number of benzene rings is 1. The number of para-hydroxylation sites is 1. The summed E-state index contributed by atoms with van der Waals surface area (Å²) in [7, 11) is 4.22. The molecule has 1 heterocycles. The first kappa shape index (κ1) is 20.2. The number of ether oxygens (including phenoxy) is 1. The van der Waals surface area contributed by atoms with Crippen LogP contribution >= 0.6 is 32.9 Å². The van der Waals surface area contributed by atoms with Gasteiger partial charge in [0.05, 0.1) is 10.2 Å². The van der Waals surface area contributed by atoms with E-state index < -0.39 is 9.28 Å². The summed E-state index contributed by atoms with van der Waals surface area (Å²) in [5.41, 5.74) is 1.09. The van der Waals surface area contributed by atoms with Crippen molar-refractivity contribution in [2.45, 2.75) is 30.1 Å². The Morgan fingerprint density at radius 2 is 2.04 bits per heavy atom. The normalized spacial score (nSPS) is 11.6. The van der Waals surface area contributed by atoms with Crippen molar-refractivity contribution in [3.8, 4) is 0 Å². The van der Waals surface area contributed by atoms with E-state index in [-0.39, 0.29) is 0 Å². The highest BCUT2D eigenvalue weighted by atomic mass is 33.1. The number of rotatable bonds is 13. The van der Waals surface area contributed by atoms with Crippen LogP contribution in [0.15, 0.2) is 28.6 Å². The average Bonchev–Trinajstić information content (AvgIpc) is 3.01. The predicted octanol–water partition coefficient (Wildman–Crippen LogP) is 5.00. The van der Waals surface area contributed by atoms with Gasteiger partial charge in [-0.2, -0.15) is 0 Å². The largest absolute Gasteiger partial charge is 0.394 e. The SMILES string of the molecule is CCO[Si](CCCSSc1nc2ccccc2s1)OCCCOC. The van der Waals surface area contributed by atoms with Gasteiger partial charge in [0.2, 0.25) is 0 Å². The Hall–Kier alpha value is -0.0931. The number of hydrogen-bond acceptors (Lipinski definition) is 7. The van der Waals surface area contributed by atoms with E-state index in [0.717, 1.165) is 54.3 Å². The molecule has 0 unspecified atom stereocenters. The van der Waals surface area contributed by atoms with Crippen LogP contribution in [-0.2, 0) is 13.6 Å². The van der Waals surface area contributed by atoms with Crippen LogP contribution in [0.4, 0.5) is 0 Å². The molecule has 8 heteroatoms. The van der Waals surface area contributed by atoms with Gasteiger partial charge < -0.3 is 13.6 Å². The van der Waals surface area contributed by atoms with Gasteiger partial charge in [-0.1, -0.05) is 22.9 Å². The summed E-state index contributed by atoms with van der Waals surface area (Å²) in [5, 5.41) is 0. The number of nitrogens with zero attached hydrogens (tertiary/aromatic N) is 1. The van der Waals surface area contributed by atoms with Crippen molar-refractivity contribution >= 4 is 52.4 Å². The maximum absolute atomic E-state index is 5.86. The van der Waals surface area contributed by atoms with Crippen molar-refractivity contribution in [2.75, 3.05) is 32.7 Å². The van der Waals surface area contributed by atoms with Gasteiger partial charge >= 0.3 is 9.28 Å². The summed E-state index contributed by atoms with van der Waals surface area (Å²) >= 11 is 1.76. The molecule has 0 aliphatic heterocycles. The van der Waals surface area contributed by atoms with Crippen LogP contribution < -0.4 is 0 Å². The number of fused-ring (bicyclic) bond motifs is 1. The van der Waals surface area contributed by atoms with Crippen molar-refractivity contribution in [2.24, 2.45) is 0 Å². The molecule has 0 N–H and O–H groups in total. The molecule has 0 saturated heterocycles. The van der Waals surface area contributed by atoms with Gasteiger partial charge in [-0.05, 0) is 48.7 Å². The van der Waals surface area contributed by atoms with Gasteiger partial charge in [-0.3, -0.25) is 0 Å². The Labute approximate surface area is 157 Å². The minimum atomic E-state index is -1.13. The van der Waals surface area contributed by atoms with Crippen LogP contribution in [0, 0.1) is 0 Å². The second-order valence-electron chi connectivity index (χ2n) is 4.96. The molecule has 0 bridgehead atoms. The Morgan fingerprint density at radius 3 is 2.83 bits per heavy atom. The highest BCUT2D eigenvalue weighted by molar-refractivity contribution is 8.77. The third-order valence-corrected chi connectivity index (χ3v) is 8.75. The molecule has 2 rings (SSSR count). The van der Waals surface area contributed by atoms with E-state index in [9.17, 15) is 0 Å². The van der Waals surface area contributed by atoms with Gasteiger partial charge in [0, 0.05) is 32.7 Å². The van der Waals surface area contributed by atoms with E-state index in [2.05, 4.69) is 23.2 Å². The molecule has 0 aliphatic carbocycles. The van der Waals surface area contributed by atoms with E-state index in [1.165, 1.54) is 4.70 Å². The molecule has 0 saturated carbocycles. The van der Waals surface area contributed by atoms with Crippen LogP contribution in [0.2, 0.25) is 6.04 Å². The van der Waals surface area contributed by atoms with Crippen molar-refractivity contribution in [3.05, 3.63) is 24.3 Å². The van der Waals surface area contributed by atoms with E-state index in [4.69, 9.17) is 13.6 Å². The molecule has 2 aromatic rings. The molecular formula is C16H24NO3S3Si. The van der Waals surface area contributed by atoms with Crippen LogP contribution in [-0.4, -0.2) is 47.0 Å². The van der Waals surface area contributed by atoms with Crippen LogP contribution in [0.5, 0.6) is 0 Å². The first-order valence-corrected chi connectivity index (χ1v) is 12.7. The molecule has 0 atom stereocenters. The summed E-state index contributed by atoms with van der Waals surface area (Å²) in [6, 6.07) is 9.32. The van der Waals surface area contributed by atoms with Crippen molar-refractivity contribution in [1.82, 2.24) is 4.98 Å². The van der Waals surface area contributed by atoms with Gasteiger partial charge in [0.1, 0.15) is 0 Å². The first-order chi connectivity index (χ1) is 11.8. The van der Waals surface area contributed by atoms with E-state index in [1.807, 2.05) is 23.8 Å². The zero-order chi connectivity index (χ0) is 17.0. The van der Waals surface area contributed by atoms with E-state index in [1.54, 1.807) is 29.2 Å². The minimum Gasteiger partial charge on any atom is -0.394 e. The predicted molar refractivity (Wildman–Crippen MR) is 107 cm³/mol. The summed E-state index contributed by atoms with van der Waals surface area (Å²) in [5.74, 6) is 1.09. The van der Waals surface area contributed by atoms with Crippen molar-refractivity contribution < 1.29 is 13.6 Å². The maximum Gasteiger partial charge on any atom is 0.384 e. The second kappa shape index (κ2) is 12.3. The monoisotopic (exact) mass is 402 g/mol. The molecular weight excluding hydrogens is 378 g/mol. The fourth-order valence-corrected chi connectivity index (χ4v) is 7.22. The molecule has 1 aromatic carbocycles. The minimum absolute atomic E-state index is 0.728. The fourth-order valence-electron chi connectivity index (χ4n) is 1.99. The second-order valence-corrected chi connectivity index (χ2v) is 10.5. The molecule has 0 amide bonds. The zero-order valence-electron chi connectivity index (χ0n) is 14.2. The first-order valence-electron chi connectivity index (χ1n) is 8.09. The zero-order valence-corrected chi connectivity index (χ0v) is 17.6. The Balaban J connectivity index is 1.61. The molecule has 1 aromatic heterocycles. The summed E-state index contributed by atoms with van der Waals surface area (Å²) < 4.78 is 19.0. The number of aromatic nitrogens is 1. The van der Waals surface area contributed by atoms with Crippen LogP contribution in [0.1, 0.15) is 19.8 Å². The quantitative estimate of drug-likeness (QED) is 0.267. The number of hydrogen-bond donors (Lipinski definition) is 0. The third-order valence-electron chi connectivity index (χ3n) is 3.07. The molecule has 0 aliphatic rings. The number of methoxy groups -OCH3 is 1. The maximum atomic E-state index is 5.86. The molecule has 1 radical (unpaired) electrons. The highest BCUT2D eigenvalue weighted by Gasteiger charge is 2.14. The smallest absolute Gasteiger partial charge is 0.384 e. The van der Waals surface area contributed by atoms with Gasteiger partial charge in [-0.25, -0.2) is 4.98 Å². The summed E-state index contributed by atoms with van der Waals surface area (Å²) in [6.45, 7) is 4.23. The number of thiazole rings is 1. The van der Waals surface area contributed by atoms with Crippen LogP contribution in [0.25, 0.3) is 10.2 Å². The molecule has 133 valence electrons. The Morgan fingerprint density at radius 1 is 1.17 bits per heavy atom. The van der Waals surface area contributed by atoms with Crippen molar-refractivity contribution in [1.29, 1.82) is 0 Å². The van der Waals surface area contributed by atoms with Gasteiger partial charge in [0.25, 0.3) is 0 Å². The topological polar surface area (TPSA) is 40.6 Å². The van der Waals surface area contributed by atoms with Crippen LogP contribution in [0.3, 0.4) is 0 Å². The summed E-state index contributed by atoms with van der Waals surface area (Å²) in [4.78, 5) is 4.64.